The number of hydrogen-bond acceptors (Lipinski definition) is 3. The molecule has 2 N–H and O–H groups in total. The van der Waals surface area contributed by atoms with E-state index in [9.17, 15) is 4.79 Å². The normalized spacial score (nSPS) is 10.3. The molecule has 0 radical (unpaired) electrons. The summed E-state index contributed by atoms with van der Waals surface area (Å²) < 4.78 is 0. The van der Waals surface area contributed by atoms with Gasteiger partial charge < -0.3 is 10.6 Å². The molecule has 0 spiro atoms. The Kier molecular flexibility index (Phi) is 4.77. The minimum atomic E-state index is -0.00523. The van der Waals surface area contributed by atoms with Gasteiger partial charge in [-0.15, -0.1) is 0 Å². The van der Waals surface area contributed by atoms with Crippen LogP contribution in [0.15, 0.2) is 24.4 Å². The highest BCUT2D eigenvalue weighted by atomic mass is 16.1. The van der Waals surface area contributed by atoms with Gasteiger partial charge in [0.05, 0.1) is 18.8 Å². The summed E-state index contributed by atoms with van der Waals surface area (Å²) in [5.41, 5.74) is 0.871. The summed E-state index contributed by atoms with van der Waals surface area (Å²) in [6, 6.07) is 5.97. The van der Waals surface area contributed by atoms with E-state index in [0.717, 1.165) is 5.69 Å². The molecule has 1 aromatic heterocycles. The molecule has 0 saturated heterocycles. The molecule has 15 heavy (non-hydrogen) atoms. The number of nitrogens with zero attached hydrogens (tertiary/aromatic N) is 1. The van der Waals surface area contributed by atoms with Crippen LogP contribution in [0.5, 0.6) is 0 Å². The lowest BCUT2D eigenvalue weighted by molar-refractivity contribution is -0.120. The van der Waals surface area contributed by atoms with Gasteiger partial charge in [-0.25, -0.2) is 0 Å². The molecular formula is C11H17N3O. The molecule has 0 saturated carbocycles. The fourth-order valence-corrected chi connectivity index (χ4v) is 1.05. The summed E-state index contributed by atoms with van der Waals surface area (Å²) in [4.78, 5) is 15.4. The quantitative estimate of drug-likeness (QED) is 0.747. The molecule has 0 aliphatic heterocycles. The lowest BCUT2D eigenvalue weighted by atomic mass is 10.3. The Labute approximate surface area is 90.1 Å². The molecule has 1 heterocycles. The zero-order valence-corrected chi connectivity index (χ0v) is 9.16. The number of carbonyl (C=O) groups excluding carboxylic acids is 1. The highest BCUT2D eigenvalue weighted by Crippen LogP contribution is 1.91. The number of rotatable bonds is 5. The summed E-state index contributed by atoms with van der Waals surface area (Å²) in [6.45, 7) is 4.85. The zero-order valence-electron chi connectivity index (χ0n) is 9.16. The molecule has 1 rings (SSSR count). The highest BCUT2D eigenvalue weighted by molar-refractivity contribution is 5.77. The average Bonchev–Trinajstić information content (AvgIpc) is 2.25. The van der Waals surface area contributed by atoms with Gasteiger partial charge in [-0.2, -0.15) is 0 Å². The largest absolute Gasteiger partial charge is 0.349 e. The molecule has 4 nitrogen and oxygen atoms in total. The molecule has 0 unspecified atom stereocenters. The Bertz CT molecular complexity index is 298. The van der Waals surface area contributed by atoms with Crippen LogP contribution in [-0.2, 0) is 11.3 Å². The van der Waals surface area contributed by atoms with E-state index in [4.69, 9.17) is 0 Å². The van der Waals surface area contributed by atoms with Gasteiger partial charge in [0.2, 0.25) is 5.91 Å². The molecule has 0 aliphatic rings. The van der Waals surface area contributed by atoms with Crippen molar-refractivity contribution in [3.8, 4) is 0 Å². The highest BCUT2D eigenvalue weighted by Gasteiger charge is 2.01. The van der Waals surface area contributed by atoms with Crippen LogP contribution in [0.2, 0.25) is 0 Å². The van der Waals surface area contributed by atoms with Crippen LogP contribution < -0.4 is 10.6 Å². The van der Waals surface area contributed by atoms with Crippen molar-refractivity contribution in [1.82, 2.24) is 15.6 Å². The van der Waals surface area contributed by atoms with Crippen molar-refractivity contribution in [1.29, 1.82) is 0 Å². The van der Waals surface area contributed by atoms with Crippen molar-refractivity contribution < 1.29 is 4.79 Å². The number of aromatic nitrogens is 1. The molecule has 0 aliphatic carbocycles. The maximum atomic E-state index is 11.3. The van der Waals surface area contributed by atoms with Crippen LogP contribution in [0.3, 0.4) is 0 Å². The molecule has 82 valence electrons. The van der Waals surface area contributed by atoms with Crippen molar-refractivity contribution in [3.05, 3.63) is 30.1 Å². The van der Waals surface area contributed by atoms with Crippen LogP contribution in [0, 0.1) is 0 Å². The van der Waals surface area contributed by atoms with Gasteiger partial charge in [-0.3, -0.25) is 9.78 Å². The van der Waals surface area contributed by atoms with Gasteiger partial charge in [0.1, 0.15) is 0 Å². The lowest BCUT2D eigenvalue weighted by Crippen LogP contribution is -2.36. The molecule has 1 amide bonds. The number of amides is 1. The fourth-order valence-electron chi connectivity index (χ4n) is 1.05. The van der Waals surface area contributed by atoms with Crippen LogP contribution in [-0.4, -0.2) is 23.5 Å². The van der Waals surface area contributed by atoms with Gasteiger partial charge >= 0.3 is 0 Å². The third kappa shape index (κ3) is 5.12. The van der Waals surface area contributed by atoms with Gasteiger partial charge in [-0.1, -0.05) is 19.9 Å². The standard InChI is InChI=1S/C11H17N3O/c1-9(2)13-8-11(15)14-7-10-5-3-4-6-12-10/h3-6,9,13H,7-8H2,1-2H3,(H,14,15). The number of pyridine rings is 1. The van der Waals surface area contributed by atoms with E-state index >= 15 is 0 Å². The second kappa shape index (κ2) is 6.14. The van der Waals surface area contributed by atoms with Crippen molar-refractivity contribution in [3.63, 3.8) is 0 Å². The maximum Gasteiger partial charge on any atom is 0.234 e. The van der Waals surface area contributed by atoms with E-state index in [1.54, 1.807) is 6.20 Å². The van der Waals surface area contributed by atoms with Crippen molar-refractivity contribution in [2.24, 2.45) is 0 Å². The molecule has 0 fully saturated rings. The van der Waals surface area contributed by atoms with Gasteiger partial charge in [0.15, 0.2) is 0 Å². The maximum absolute atomic E-state index is 11.3. The molecule has 0 bridgehead atoms. The van der Waals surface area contributed by atoms with Crippen molar-refractivity contribution in [2.75, 3.05) is 6.54 Å². The Morgan fingerprint density at radius 1 is 1.47 bits per heavy atom. The topological polar surface area (TPSA) is 54.0 Å². The molecule has 4 heteroatoms. The van der Waals surface area contributed by atoms with Crippen molar-refractivity contribution in [2.45, 2.75) is 26.4 Å². The first kappa shape index (κ1) is 11.7. The van der Waals surface area contributed by atoms with E-state index in [2.05, 4.69) is 15.6 Å². The van der Waals surface area contributed by atoms with E-state index in [-0.39, 0.29) is 5.91 Å². The molecular weight excluding hydrogens is 190 g/mol. The molecule has 0 aromatic carbocycles. The second-order valence-electron chi connectivity index (χ2n) is 3.63. The Morgan fingerprint density at radius 2 is 2.27 bits per heavy atom. The monoisotopic (exact) mass is 207 g/mol. The summed E-state index contributed by atoms with van der Waals surface area (Å²) in [5, 5.41) is 5.84. The smallest absolute Gasteiger partial charge is 0.234 e. The number of carbonyl (C=O) groups is 1. The third-order valence-electron chi connectivity index (χ3n) is 1.86. The molecule has 1 aromatic rings. The SMILES string of the molecule is CC(C)NCC(=O)NCc1ccccn1. The van der Waals surface area contributed by atoms with Crippen LogP contribution in [0.25, 0.3) is 0 Å². The van der Waals surface area contributed by atoms with E-state index in [1.807, 2.05) is 32.0 Å². The Hall–Kier alpha value is -1.42. The fraction of sp³-hybridized carbons (Fsp3) is 0.455. The Balaban J connectivity index is 2.23. The summed E-state index contributed by atoms with van der Waals surface area (Å²) in [7, 11) is 0. The predicted molar refractivity (Wildman–Crippen MR) is 59.2 cm³/mol. The molecule has 0 atom stereocenters. The predicted octanol–water partition coefficient (Wildman–Crippen LogP) is 0.696. The van der Waals surface area contributed by atoms with E-state index in [1.165, 1.54) is 0 Å². The second-order valence-corrected chi connectivity index (χ2v) is 3.63. The van der Waals surface area contributed by atoms with Crippen LogP contribution in [0.1, 0.15) is 19.5 Å². The van der Waals surface area contributed by atoms with E-state index in [0.29, 0.717) is 19.1 Å². The zero-order chi connectivity index (χ0) is 11.1. The Morgan fingerprint density at radius 3 is 2.87 bits per heavy atom. The van der Waals surface area contributed by atoms with Crippen molar-refractivity contribution >= 4 is 5.91 Å². The summed E-state index contributed by atoms with van der Waals surface area (Å²) >= 11 is 0. The van der Waals surface area contributed by atoms with Gasteiger partial charge in [0.25, 0.3) is 0 Å². The first-order chi connectivity index (χ1) is 7.18. The van der Waals surface area contributed by atoms with Gasteiger partial charge in [-0.05, 0) is 12.1 Å². The first-order valence-electron chi connectivity index (χ1n) is 5.08. The van der Waals surface area contributed by atoms with E-state index < -0.39 is 0 Å². The third-order valence-corrected chi connectivity index (χ3v) is 1.86. The minimum Gasteiger partial charge on any atom is -0.349 e. The number of nitrogens with one attached hydrogen (secondary N) is 2. The van der Waals surface area contributed by atoms with Gasteiger partial charge in [0, 0.05) is 12.2 Å². The van der Waals surface area contributed by atoms with Crippen LogP contribution >= 0.6 is 0 Å². The summed E-state index contributed by atoms with van der Waals surface area (Å²) in [6.07, 6.45) is 1.72. The number of hydrogen-bond donors (Lipinski definition) is 2. The van der Waals surface area contributed by atoms with Crippen LogP contribution in [0.4, 0.5) is 0 Å². The lowest BCUT2D eigenvalue weighted by Gasteiger charge is -2.08. The first-order valence-corrected chi connectivity index (χ1v) is 5.08. The minimum absolute atomic E-state index is 0.00523. The summed E-state index contributed by atoms with van der Waals surface area (Å²) in [5.74, 6) is -0.00523. The average molecular weight is 207 g/mol.